The van der Waals surface area contributed by atoms with E-state index in [4.69, 9.17) is 0 Å². The highest BCUT2D eigenvalue weighted by atomic mass is 19.4. The molecule has 0 radical (unpaired) electrons. The number of hydrogen-bond donors (Lipinski definition) is 2. The number of benzene rings is 2. The number of hydrogen-bond acceptors (Lipinski definition) is 4. The van der Waals surface area contributed by atoms with Gasteiger partial charge < -0.3 is 10.6 Å². The Bertz CT molecular complexity index is 947. The summed E-state index contributed by atoms with van der Waals surface area (Å²) in [5, 5.41) is 5.41. The summed E-state index contributed by atoms with van der Waals surface area (Å²) in [5.41, 5.74) is -0.0534. The lowest BCUT2D eigenvalue weighted by atomic mass is 10.2. The van der Waals surface area contributed by atoms with Crippen LogP contribution in [-0.2, 0) is 11.0 Å². The van der Waals surface area contributed by atoms with Crippen LogP contribution in [0, 0.1) is 0 Å². The Hall–Kier alpha value is -3.42. The van der Waals surface area contributed by atoms with Gasteiger partial charge in [0.25, 0.3) is 0 Å². The number of carbonyl (C=O) groups is 1. The topological polar surface area (TPSA) is 66.9 Å². The number of amides is 1. The molecule has 1 unspecified atom stereocenters. The molecule has 28 heavy (non-hydrogen) atoms. The van der Waals surface area contributed by atoms with E-state index < -0.39 is 23.8 Å². The third kappa shape index (κ3) is 4.85. The molecule has 3 aromatic rings. The first-order chi connectivity index (χ1) is 13.3. The molecule has 1 amide bonds. The van der Waals surface area contributed by atoms with Gasteiger partial charge in [-0.1, -0.05) is 48.5 Å². The van der Waals surface area contributed by atoms with Crippen LogP contribution in [0.2, 0.25) is 0 Å². The van der Waals surface area contributed by atoms with E-state index in [1.165, 1.54) is 6.92 Å². The molecule has 0 aliphatic rings. The fraction of sp³-hybridized carbons (Fsp3) is 0.150. The van der Waals surface area contributed by atoms with Crippen molar-refractivity contribution in [1.82, 2.24) is 9.97 Å². The number of halogens is 3. The second-order valence-electron chi connectivity index (χ2n) is 6.05. The first kappa shape index (κ1) is 19.3. The van der Waals surface area contributed by atoms with Crippen LogP contribution in [-0.4, -0.2) is 21.9 Å². The van der Waals surface area contributed by atoms with E-state index in [1.54, 1.807) is 54.6 Å². The molecule has 2 N–H and O–H groups in total. The molecule has 0 aliphatic carbocycles. The molecule has 1 atom stereocenters. The molecule has 0 fully saturated rings. The van der Waals surface area contributed by atoms with Crippen molar-refractivity contribution in [3.63, 3.8) is 0 Å². The van der Waals surface area contributed by atoms with Crippen LogP contribution >= 0.6 is 0 Å². The molecule has 0 saturated carbocycles. The van der Waals surface area contributed by atoms with Crippen molar-refractivity contribution >= 4 is 17.4 Å². The number of nitrogens with one attached hydrogen (secondary N) is 2. The number of nitrogens with zero attached hydrogens (tertiary/aromatic N) is 2. The van der Waals surface area contributed by atoms with Gasteiger partial charge in [0.2, 0.25) is 5.91 Å². The van der Waals surface area contributed by atoms with Crippen LogP contribution < -0.4 is 10.6 Å². The lowest BCUT2D eigenvalue weighted by Gasteiger charge is -2.16. The van der Waals surface area contributed by atoms with Crippen molar-refractivity contribution in [2.45, 2.75) is 19.1 Å². The number of para-hydroxylation sites is 1. The number of aromatic nitrogens is 2. The number of anilines is 2. The standard InChI is InChI=1S/C20H17F3N4O/c1-13(19(28)25-15-10-6-3-7-11-15)24-17-12-16(20(21,22)23)26-18(27-17)14-8-4-2-5-9-14/h2-13H,1H3,(H,25,28)(H,24,26,27). The summed E-state index contributed by atoms with van der Waals surface area (Å²) in [4.78, 5) is 20.1. The van der Waals surface area contributed by atoms with Gasteiger partial charge in [-0.3, -0.25) is 4.79 Å². The third-order valence-electron chi connectivity index (χ3n) is 3.85. The highest BCUT2D eigenvalue weighted by Gasteiger charge is 2.34. The van der Waals surface area contributed by atoms with Crippen molar-refractivity contribution in [2.24, 2.45) is 0 Å². The minimum Gasteiger partial charge on any atom is -0.358 e. The van der Waals surface area contributed by atoms with Gasteiger partial charge in [-0.25, -0.2) is 9.97 Å². The quantitative estimate of drug-likeness (QED) is 0.673. The van der Waals surface area contributed by atoms with Gasteiger partial charge in [-0.05, 0) is 19.1 Å². The van der Waals surface area contributed by atoms with Crippen LogP contribution in [0.15, 0.2) is 66.7 Å². The monoisotopic (exact) mass is 386 g/mol. The minimum absolute atomic E-state index is 0.0754. The molecular weight excluding hydrogens is 369 g/mol. The molecular formula is C20H17F3N4O. The average Bonchev–Trinajstić information content (AvgIpc) is 2.68. The van der Waals surface area contributed by atoms with Crippen LogP contribution in [0.5, 0.6) is 0 Å². The van der Waals surface area contributed by atoms with Crippen molar-refractivity contribution < 1.29 is 18.0 Å². The molecule has 2 aromatic carbocycles. The fourth-order valence-corrected chi connectivity index (χ4v) is 2.44. The molecule has 0 aliphatic heterocycles. The predicted octanol–water partition coefficient (Wildman–Crippen LogP) is 4.60. The van der Waals surface area contributed by atoms with Crippen LogP contribution in [0.3, 0.4) is 0 Å². The summed E-state index contributed by atoms with van der Waals surface area (Å²) >= 11 is 0. The Morgan fingerprint density at radius 1 is 0.964 bits per heavy atom. The molecule has 1 heterocycles. The van der Waals surface area contributed by atoms with Gasteiger partial charge in [-0.2, -0.15) is 13.2 Å². The molecule has 0 spiro atoms. The third-order valence-corrected chi connectivity index (χ3v) is 3.85. The lowest BCUT2D eigenvalue weighted by Crippen LogP contribution is -2.32. The number of rotatable bonds is 5. The van der Waals surface area contributed by atoms with Crippen molar-refractivity contribution in [3.8, 4) is 11.4 Å². The summed E-state index contributed by atoms with van der Waals surface area (Å²) < 4.78 is 39.7. The average molecular weight is 386 g/mol. The second-order valence-corrected chi connectivity index (χ2v) is 6.05. The van der Waals surface area contributed by atoms with Crippen molar-refractivity contribution in [2.75, 3.05) is 10.6 Å². The zero-order chi connectivity index (χ0) is 20.1. The summed E-state index contributed by atoms with van der Waals surface area (Å²) in [6, 6.07) is 17.1. The normalized spacial score (nSPS) is 12.3. The van der Waals surface area contributed by atoms with Crippen molar-refractivity contribution in [1.29, 1.82) is 0 Å². The van der Waals surface area contributed by atoms with Crippen LogP contribution in [0.4, 0.5) is 24.7 Å². The smallest absolute Gasteiger partial charge is 0.358 e. The van der Waals surface area contributed by atoms with Gasteiger partial charge in [0.05, 0.1) is 0 Å². The van der Waals surface area contributed by atoms with Gasteiger partial charge in [-0.15, -0.1) is 0 Å². The van der Waals surface area contributed by atoms with E-state index >= 15 is 0 Å². The number of alkyl halides is 3. The number of carbonyl (C=O) groups excluding carboxylic acids is 1. The maximum absolute atomic E-state index is 13.2. The Morgan fingerprint density at radius 2 is 1.57 bits per heavy atom. The molecule has 5 nitrogen and oxygen atoms in total. The maximum atomic E-state index is 13.2. The van der Waals surface area contributed by atoms with Crippen LogP contribution in [0.1, 0.15) is 12.6 Å². The first-order valence-corrected chi connectivity index (χ1v) is 8.47. The highest BCUT2D eigenvalue weighted by Crippen LogP contribution is 2.30. The van der Waals surface area contributed by atoms with Gasteiger partial charge in [0.15, 0.2) is 11.5 Å². The Morgan fingerprint density at radius 3 is 2.18 bits per heavy atom. The van der Waals surface area contributed by atoms with Crippen molar-refractivity contribution in [3.05, 3.63) is 72.4 Å². The zero-order valence-electron chi connectivity index (χ0n) is 14.9. The Labute approximate surface area is 159 Å². The van der Waals surface area contributed by atoms with Gasteiger partial charge >= 0.3 is 6.18 Å². The van der Waals surface area contributed by atoms with E-state index in [2.05, 4.69) is 20.6 Å². The molecule has 144 valence electrons. The first-order valence-electron chi connectivity index (χ1n) is 8.47. The van der Waals surface area contributed by atoms with E-state index in [-0.39, 0.29) is 11.6 Å². The van der Waals surface area contributed by atoms with Crippen LogP contribution in [0.25, 0.3) is 11.4 Å². The van der Waals surface area contributed by atoms with E-state index in [9.17, 15) is 18.0 Å². The van der Waals surface area contributed by atoms with Gasteiger partial charge in [0.1, 0.15) is 11.9 Å². The minimum atomic E-state index is -4.64. The highest BCUT2D eigenvalue weighted by molar-refractivity contribution is 5.96. The van der Waals surface area contributed by atoms with E-state index in [0.29, 0.717) is 11.3 Å². The summed E-state index contributed by atoms with van der Waals surface area (Å²) in [5.74, 6) is -0.565. The van der Waals surface area contributed by atoms with E-state index in [0.717, 1.165) is 6.07 Å². The molecule has 8 heteroatoms. The van der Waals surface area contributed by atoms with Gasteiger partial charge in [0, 0.05) is 17.3 Å². The lowest BCUT2D eigenvalue weighted by molar-refractivity contribution is -0.141. The largest absolute Gasteiger partial charge is 0.433 e. The molecule has 0 saturated heterocycles. The molecule has 3 rings (SSSR count). The SMILES string of the molecule is CC(Nc1cc(C(F)(F)F)nc(-c2ccccc2)n1)C(=O)Nc1ccccc1. The Balaban J connectivity index is 1.85. The summed E-state index contributed by atoms with van der Waals surface area (Å²) in [7, 11) is 0. The summed E-state index contributed by atoms with van der Waals surface area (Å²) in [6.45, 7) is 1.54. The Kier molecular flexibility index (Phi) is 5.58. The predicted molar refractivity (Wildman–Crippen MR) is 101 cm³/mol. The molecule has 1 aromatic heterocycles. The summed E-state index contributed by atoms with van der Waals surface area (Å²) in [6.07, 6.45) is -4.64. The maximum Gasteiger partial charge on any atom is 0.433 e. The fourth-order valence-electron chi connectivity index (χ4n) is 2.44. The second kappa shape index (κ2) is 8.08. The zero-order valence-corrected chi connectivity index (χ0v) is 14.9. The molecule has 0 bridgehead atoms. The van der Waals surface area contributed by atoms with E-state index in [1.807, 2.05) is 6.07 Å².